The minimum Gasteiger partial charge on any atom is -0.300 e. The molecule has 2 N–H and O–H groups in total. The van der Waals surface area contributed by atoms with Gasteiger partial charge in [0.25, 0.3) is 10.1 Å². The molecule has 0 fully saturated rings. The maximum Gasteiger partial charge on any atom is 0.264 e. The summed E-state index contributed by atoms with van der Waals surface area (Å²) in [6, 6.07) is 0. The van der Waals surface area contributed by atoms with Crippen LogP contribution in [-0.4, -0.2) is 43.4 Å². The third-order valence-electron chi connectivity index (χ3n) is 1.56. The van der Waals surface area contributed by atoms with Crippen LogP contribution in [-0.2, 0) is 21.2 Å². The zero-order valence-corrected chi connectivity index (χ0v) is 11.7. The van der Waals surface area contributed by atoms with E-state index < -0.39 is 21.2 Å². The Hall–Kier alpha value is -0.0700. The fraction of sp³-hybridized carbons (Fsp3) is 0.667. The molecular formula is C6H10N2O5S4. The summed E-state index contributed by atoms with van der Waals surface area (Å²) in [4.78, 5) is 0. The summed E-state index contributed by atoms with van der Waals surface area (Å²) in [5.74, 6) is 0.359. The van der Waals surface area contributed by atoms with E-state index in [9.17, 15) is 12.6 Å². The molecule has 1 heterocycles. The van der Waals surface area contributed by atoms with Gasteiger partial charge in [0.1, 0.15) is 0 Å². The predicted octanol–water partition coefficient (Wildman–Crippen LogP) is 0.879. The van der Waals surface area contributed by atoms with Gasteiger partial charge in [-0.25, -0.2) is 4.21 Å². The monoisotopic (exact) mass is 318 g/mol. The largest absolute Gasteiger partial charge is 0.300 e. The van der Waals surface area contributed by atoms with Crippen LogP contribution in [0.15, 0.2) is 8.68 Å². The van der Waals surface area contributed by atoms with E-state index in [0.29, 0.717) is 22.9 Å². The number of nitrogens with zero attached hydrogens (tertiary/aromatic N) is 2. The normalized spacial score (nSPS) is 13.8. The number of rotatable bonds is 7. The molecule has 11 heteroatoms. The maximum atomic E-state index is 10.6. The Morgan fingerprint density at radius 3 is 2.59 bits per heavy atom. The second-order valence-electron chi connectivity index (χ2n) is 2.92. The van der Waals surface area contributed by atoms with Gasteiger partial charge in [0, 0.05) is 5.75 Å². The van der Waals surface area contributed by atoms with Crippen molar-refractivity contribution in [1.29, 1.82) is 0 Å². The second kappa shape index (κ2) is 6.75. The number of unbranched alkanes of at least 4 members (excludes halogenated alkanes) is 1. The van der Waals surface area contributed by atoms with Crippen molar-refractivity contribution in [3.8, 4) is 0 Å². The van der Waals surface area contributed by atoms with Crippen molar-refractivity contribution >= 4 is 44.3 Å². The third kappa shape index (κ3) is 6.43. The van der Waals surface area contributed by atoms with Gasteiger partial charge in [0.15, 0.2) is 4.34 Å². The molecule has 0 saturated carbocycles. The summed E-state index contributed by atoms with van der Waals surface area (Å²) < 4.78 is 49.2. The molecule has 1 rings (SSSR count). The highest BCUT2D eigenvalue weighted by Gasteiger charge is 2.09. The fourth-order valence-corrected chi connectivity index (χ4v) is 3.89. The quantitative estimate of drug-likeness (QED) is 0.329. The Morgan fingerprint density at radius 1 is 1.35 bits per heavy atom. The standard InChI is InChI=1S/C6H10N2O5S4/c9-16(10)6-8-7-5(15-6)14-3-1-2-4-17(11,12)13/h1-4H2,(H,9,10)(H,11,12,13). The lowest BCUT2D eigenvalue weighted by Gasteiger charge is -1.96. The SMILES string of the molecule is O=S(O)c1nnc(SCCCCS(=O)(=O)O)s1. The Labute approximate surface area is 109 Å². The number of thioether (sulfide) groups is 1. The summed E-state index contributed by atoms with van der Waals surface area (Å²) in [5, 5.41) is 7.21. The number of hydrogen-bond donors (Lipinski definition) is 2. The van der Waals surface area contributed by atoms with Crippen LogP contribution in [0.3, 0.4) is 0 Å². The van der Waals surface area contributed by atoms with Crippen molar-refractivity contribution in [1.82, 2.24) is 10.2 Å². The average Bonchev–Trinajstić information content (AvgIpc) is 2.64. The Balaban J connectivity index is 2.24. The van der Waals surface area contributed by atoms with Crippen LogP contribution in [0.2, 0.25) is 0 Å². The first-order valence-corrected chi connectivity index (χ1v) is 8.92. The molecule has 0 spiro atoms. The molecule has 0 aliphatic carbocycles. The van der Waals surface area contributed by atoms with Gasteiger partial charge in [-0.05, 0) is 12.8 Å². The highest BCUT2D eigenvalue weighted by molar-refractivity contribution is 8.01. The number of aromatic nitrogens is 2. The van der Waals surface area contributed by atoms with Gasteiger partial charge in [0.05, 0.1) is 5.75 Å². The molecule has 7 nitrogen and oxygen atoms in total. The second-order valence-corrected chi connectivity index (χ2v) is 7.96. The smallest absolute Gasteiger partial charge is 0.264 e. The molecule has 0 aliphatic heterocycles. The summed E-state index contributed by atoms with van der Waals surface area (Å²) in [7, 11) is -3.88. The predicted molar refractivity (Wildman–Crippen MR) is 65.3 cm³/mol. The average molecular weight is 318 g/mol. The van der Waals surface area contributed by atoms with E-state index in [0.717, 1.165) is 11.3 Å². The van der Waals surface area contributed by atoms with Crippen LogP contribution in [0.5, 0.6) is 0 Å². The lowest BCUT2D eigenvalue weighted by atomic mass is 10.4. The molecule has 0 radical (unpaired) electrons. The summed E-state index contributed by atoms with van der Waals surface area (Å²) >= 11 is 0.250. The molecule has 98 valence electrons. The molecule has 1 atom stereocenters. The minimum atomic E-state index is -3.88. The molecule has 0 aromatic carbocycles. The highest BCUT2D eigenvalue weighted by Crippen LogP contribution is 2.24. The van der Waals surface area contributed by atoms with Crippen LogP contribution in [0.25, 0.3) is 0 Å². The zero-order chi connectivity index (χ0) is 12.9. The van der Waals surface area contributed by atoms with Crippen molar-refractivity contribution in [3.63, 3.8) is 0 Å². The first-order chi connectivity index (χ1) is 7.88. The van der Waals surface area contributed by atoms with Crippen molar-refractivity contribution in [3.05, 3.63) is 0 Å². The van der Waals surface area contributed by atoms with Crippen molar-refractivity contribution in [2.45, 2.75) is 21.5 Å². The third-order valence-corrected chi connectivity index (χ3v) is 5.36. The first kappa shape index (κ1) is 15.0. The maximum absolute atomic E-state index is 10.6. The van der Waals surface area contributed by atoms with Crippen LogP contribution in [0.1, 0.15) is 12.8 Å². The van der Waals surface area contributed by atoms with Gasteiger partial charge in [0.2, 0.25) is 15.4 Å². The zero-order valence-electron chi connectivity index (χ0n) is 8.48. The van der Waals surface area contributed by atoms with Gasteiger partial charge < -0.3 is 4.55 Å². The molecule has 0 saturated heterocycles. The Kier molecular flexibility index (Phi) is 5.95. The molecule has 0 bridgehead atoms. The lowest BCUT2D eigenvalue weighted by molar-refractivity contribution is 0.481. The van der Waals surface area contributed by atoms with Gasteiger partial charge >= 0.3 is 0 Å². The molecule has 0 amide bonds. The van der Waals surface area contributed by atoms with Crippen molar-refractivity contribution in [2.24, 2.45) is 0 Å². The van der Waals surface area contributed by atoms with Crippen molar-refractivity contribution in [2.75, 3.05) is 11.5 Å². The van der Waals surface area contributed by atoms with Crippen LogP contribution in [0, 0.1) is 0 Å². The van der Waals surface area contributed by atoms with Crippen LogP contribution >= 0.6 is 23.1 Å². The van der Waals surface area contributed by atoms with E-state index in [2.05, 4.69) is 10.2 Å². The van der Waals surface area contributed by atoms with E-state index in [1.807, 2.05) is 0 Å². The number of hydrogen-bond acceptors (Lipinski definition) is 7. The van der Waals surface area contributed by atoms with Crippen molar-refractivity contribution < 1.29 is 21.7 Å². The molecule has 0 aliphatic rings. The van der Waals surface area contributed by atoms with Gasteiger partial charge in [-0.3, -0.25) is 4.55 Å². The van der Waals surface area contributed by atoms with Gasteiger partial charge in [-0.1, -0.05) is 23.1 Å². The molecule has 1 aromatic rings. The van der Waals surface area contributed by atoms with E-state index in [1.165, 1.54) is 11.8 Å². The summed E-state index contributed by atoms with van der Waals surface area (Å²) in [5.41, 5.74) is 0. The first-order valence-electron chi connectivity index (χ1n) is 4.41. The van der Waals surface area contributed by atoms with Crippen LogP contribution in [0.4, 0.5) is 0 Å². The Bertz CT molecular complexity index is 484. The minimum absolute atomic E-state index is 0.0467. The van der Waals surface area contributed by atoms with Gasteiger partial charge in [-0.15, -0.1) is 10.2 Å². The molecule has 1 unspecified atom stereocenters. The lowest BCUT2D eigenvalue weighted by Crippen LogP contribution is -2.03. The van der Waals surface area contributed by atoms with E-state index >= 15 is 0 Å². The molecule has 1 aromatic heterocycles. The van der Waals surface area contributed by atoms with Gasteiger partial charge in [-0.2, -0.15) is 8.42 Å². The van der Waals surface area contributed by atoms with E-state index in [1.54, 1.807) is 0 Å². The molecular weight excluding hydrogens is 308 g/mol. The Morgan fingerprint density at radius 2 is 2.06 bits per heavy atom. The summed E-state index contributed by atoms with van der Waals surface area (Å²) in [6.07, 6.45) is 0.963. The summed E-state index contributed by atoms with van der Waals surface area (Å²) in [6.45, 7) is 0. The fourth-order valence-electron chi connectivity index (χ4n) is 0.872. The molecule has 17 heavy (non-hydrogen) atoms. The van der Waals surface area contributed by atoms with E-state index in [4.69, 9.17) is 9.11 Å². The van der Waals surface area contributed by atoms with E-state index in [-0.39, 0.29) is 10.1 Å². The highest BCUT2D eigenvalue weighted by atomic mass is 32.2. The topological polar surface area (TPSA) is 117 Å². The van der Waals surface area contributed by atoms with Crippen LogP contribution < -0.4 is 0 Å².